The molecule has 6 nitrogen and oxygen atoms in total. The minimum Gasteiger partial charge on any atom is -0.457 e. The van der Waals surface area contributed by atoms with Gasteiger partial charge in [0.05, 0.1) is 5.69 Å². The molecule has 1 spiro atoms. The first-order valence-electron chi connectivity index (χ1n) is 7.11. The molecule has 3 rings (SSSR count). The number of benzene rings is 1. The first kappa shape index (κ1) is 14.3. The Balaban J connectivity index is 2.08. The number of hydrogen-bond acceptors (Lipinski definition) is 5. The van der Waals surface area contributed by atoms with E-state index in [1.54, 1.807) is 13.0 Å². The van der Waals surface area contributed by atoms with Gasteiger partial charge in [0, 0.05) is 6.08 Å². The monoisotopic (exact) mass is 301 g/mol. The Labute approximate surface area is 128 Å². The fourth-order valence-corrected chi connectivity index (χ4v) is 2.77. The number of nitrogens with one attached hydrogen (secondary N) is 1. The summed E-state index contributed by atoms with van der Waals surface area (Å²) < 4.78 is 11.3. The highest BCUT2D eigenvalue weighted by Crippen LogP contribution is 2.44. The first-order chi connectivity index (χ1) is 10.3. The van der Waals surface area contributed by atoms with Crippen LogP contribution >= 0.6 is 0 Å². The molecule has 0 aromatic heterocycles. The fourth-order valence-electron chi connectivity index (χ4n) is 2.77. The maximum Gasteiger partial charge on any atom is 0.256 e. The zero-order chi connectivity index (χ0) is 16.1. The topological polar surface area (TPSA) is 99.6 Å². The van der Waals surface area contributed by atoms with Gasteiger partial charge in [0.15, 0.2) is 0 Å². The Morgan fingerprint density at radius 2 is 2.09 bits per heavy atom. The van der Waals surface area contributed by atoms with Crippen LogP contribution in [-0.4, -0.2) is 11.6 Å². The third-order valence-electron chi connectivity index (χ3n) is 3.80. The van der Waals surface area contributed by atoms with Crippen LogP contribution in [0.1, 0.15) is 32.3 Å². The summed E-state index contributed by atoms with van der Waals surface area (Å²) in [6.45, 7) is 5.96. The Morgan fingerprint density at radius 3 is 2.73 bits per heavy atom. The molecule has 5 N–H and O–H groups in total. The molecule has 0 aliphatic carbocycles. The van der Waals surface area contributed by atoms with Crippen molar-refractivity contribution >= 4 is 11.6 Å². The smallest absolute Gasteiger partial charge is 0.256 e. The van der Waals surface area contributed by atoms with Crippen molar-refractivity contribution in [3.05, 3.63) is 47.1 Å². The third kappa shape index (κ3) is 2.07. The van der Waals surface area contributed by atoms with Crippen LogP contribution in [0.15, 0.2) is 41.5 Å². The van der Waals surface area contributed by atoms with Gasteiger partial charge in [-0.05, 0) is 30.5 Å². The van der Waals surface area contributed by atoms with Crippen LogP contribution in [-0.2, 0) is 9.53 Å². The predicted molar refractivity (Wildman–Crippen MR) is 82.8 cm³/mol. The van der Waals surface area contributed by atoms with Gasteiger partial charge in [-0.3, -0.25) is 4.79 Å². The maximum atomic E-state index is 11.8. The Hall–Kier alpha value is -2.63. The molecule has 0 saturated carbocycles. The van der Waals surface area contributed by atoms with Crippen LogP contribution in [0, 0.1) is 0 Å². The normalized spacial score (nSPS) is 22.8. The molecule has 0 bridgehead atoms. The van der Waals surface area contributed by atoms with Gasteiger partial charge in [0.2, 0.25) is 11.6 Å². The standard InChI is InChI=1S/C16H19N3O3/c1-8(2)10-4-5-12-11(6-10)19-16(22-12)7-9(3)21-15(18)13(16)14(17)20/h4-8,19H,18H2,1-3H3,(H2,17,20). The van der Waals surface area contributed by atoms with Crippen molar-refractivity contribution in [1.29, 1.82) is 0 Å². The van der Waals surface area contributed by atoms with E-state index in [1.165, 1.54) is 0 Å². The van der Waals surface area contributed by atoms with Crippen molar-refractivity contribution in [3.8, 4) is 5.75 Å². The number of rotatable bonds is 2. The molecular formula is C16H19N3O3. The van der Waals surface area contributed by atoms with E-state index in [-0.39, 0.29) is 11.5 Å². The second-order valence-electron chi connectivity index (χ2n) is 5.83. The molecule has 2 heterocycles. The van der Waals surface area contributed by atoms with Crippen LogP contribution in [0.5, 0.6) is 5.75 Å². The van der Waals surface area contributed by atoms with Gasteiger partial charge in [-0.15, -0.1) is 0 Å². The molecule has 22 heavy (non-hydrogen) atoms. The van der Waals surface area contributed by atoms with Crippen LogP contribution in [0.4, 0.5) is 5.69 Å². The number of allylic oxidation sites excluding steroid dienone is 1. The van der Waals surface area contributed by atoms with Gasteiger partial charge >= 0.3 is 0 Å². The Kier molecular flexibility index (Phi) is 3.05. The fraction of sp³-hybridized carbons (Fsp3) is 0.312. The molecule has 6 heteroatoms. The molecular weight excluding hydrogens is 282 g/mol. The van der Waals surface area contributed by atoms with Crippen molar-refractivity contribution in [2.45, 2.75) is 32.4 Å². The summed E-state index contributed by atoms with van der Waals surface area (Å²) >= 11 is 0. The maximum absolute atomic E-state index is 11.8. The van der Waals surface area contributed by atoms with Crippen molar-refractivity contribution < 1.29 is 14.3 Å². The average molecular weight is 301 g/mol. The van der Waals surface area contributed by atoms with Crippen LogP contribution in [0.2, 0.25) is 0 Å². The molecule has 2 aliphatic rings. The zero-order valence-corrected chi connectivity index (χ0v) is 12.8. The summed E-state index contributed by atoms with van der Waals surface area (Å²) in [7, 11) is 0. The molecule has 1 aromatic carbocycles. The largest absolute Gasteiger partial charge is 0.457 e. The molecule has 1 amide bonds. The van der Waals surface area contributed by atoms with Gasteiger partial charge in [0.25, 0.3) is 5.91 Å². The molecule has 0 fully saturated rings. The van der Waals surface area contributed by atoms with E-state index in [2.05, 4.69) is 19.2 Å². The summed E-state index contributed by atoms with van der Waals surface area (Å²) in [4.78, 5) is 11.8. The Morgan fingerprint density at radius 1 is 1.36 bits per heavy atom. The molecule has 0 saturated heterocycles. The van der Waals surface area contributed by atoms with Gasteiger partial charge in [-0.1, -0.05) is 19.9 Å². The minimum absolute atomic E-state index is 0.0445. The van der Waals surface area contributed by atoms with Crippen molar-refractivity contribution in [2.75, 3.05) is 5.32 Å². The molecule has 1 aromatic rings. The number of ether oxygens (including phenoxy) is 2. The Bertz CT molecular complexity index is 721. The van der Waals surface area contributed by atoms with Crippen LogP contribution in [0.3, 0.4) is 0 Å². The molecule has 2 aliphatic heterocycles. The number of carbonyl (C=O) groups is 1. The van der Waals surface area contributed by atoms with E-state index in [0.717, 1.165) is 11.3 Å². The minimum atomic E-state index is -1.21. The van der Waals surface area contributed by atoms with Gasteiger partial charge < -0.3 is 26.3 Å². The molecule has 1 unspecified atom stereocenters. The number of fused-ring (bicyclic) bond motifs is 1. The summed E-state index contributed by atoms with van der Waals surface area (Å²) in [6.07, 6.45) is 1.67. The van der Waals surface area contributed by atoms with Crippen LogP contribution in [0.25, 0.3) is 0 Å². The summed E-state index contributed by atoms with van der Waals surface area (Å²) in [5, 5.41) is 3.22. The highest BCUT2D eigenvalue weighted by molar-refractivity contribution is 5.97. The number of amides is 1. The molecule has 1 atom stereocenters. The number of carbonyl (C=O) groups excluding carboxylic acids is 1. The van der Waals surface area contributed by atoms with Crippen molar-refractivity contribution in [2.24, 2.45) is 11.5 Å². The van der Waals surface area contributed by atoms with E-state index < -0.39 is 11.6 Å². The number of anilines is 1. The lowest BCUT2D eigenvalue weighted by Crippen LogP contribution is -2.48. The van der Waals surface area contributed by atoms with E-state index in [4.69, 9.17) is 20.9 Å². The van der Waals surface area contributed by atoms with E-state index >= 15 is 0 Å². The summed E-state index contributed by atoms with van der Waals surface area (Å²) in [5.41, 5.74) is 12.1. The quantitative estimate of drug-likeness (QED) is 0.774. The number of hydrogen-bond donors (Lipinski definition) is 3. The lowest BCUT2D eigenvalue weighted by Gasteiger charge is -2.31. The average Bonchev–Trinajstić information content (AvgIpc) is 2.73. The van der Waals surface area contributed by atoms with Crippen molar-refractivity contribution in [1.82, 2.24) is 0 Å². The van der Waals surface area contributed by atoms with E-state index in [9.17, 15) is 4.79 Å². The highest BCUT2D eigenvalue weighted by Gasteiger charge is 2.48. The summed E-state index contributed by atoms with van der Waals surface area (Å²) in [6, 6.07) is 5.87. The first-order valence-corrected chi connectivity index (χ1v) is 7.11. The second kappa shape index (κ2) is 4.69. The lowest BCUT2D eigenvalue weighted by atomic mass is 9.99. The van der Waals surface area contributed by atoms with E-state index in [1.807, 2.05) is 18.2 Å². The molecule has 116 valence electrons. The second-order valence-corrected chi connectivity index (χ2v) is 5.83. The SMILES string of the molecule is CC1=CC2(Nc3cc(C(C)C)ccc3O2)C(C(N)=O)=C(N)O1. The van der Waals surface area contributed by atoms with Crippen LogP contribution < -0.4 is 21.5 Å². The van der Waals surface area contributed by atoms with Gasteiger partial charge in [-0.2, -0.15) is 0 Å². The summed E-state index contributed by atoms with van der Waals surface area (Å²) in [5.74, 6) is 0.822. The van der Waals surface area contributed by atoms with Gasteiger partial charge in [-0.25, -0.2) is 0 Å². The van der Waals surface area contributed by atoms with Crippen molar-refractivity contribution in [3.63, 3.8) is 0 Å². The number of nitrogens with two attached hydrogens (primary N) is 2. The zero-order valence-electron chi connectivity index (χ0n) is 12.8. The predicted octanol–water partition coefficient (Wildman–Crippen LogP) is 1.90. The lowest BCUT2D eigenvalue weighted by molar-refractivity contribution is -0.116. The third-order valence-corrected chi connectivity index (χ3v) is 3.80. The molecule has 0 radical (unpaired) electrons. The van der Waals surface area contributed by atoms with Gasteiger partial charge in [0.1, 0.15) is 17.1 Å². The number of primary amides is 1. The van der Waals surface area contributed by atoms with E-state index in [0.29, 0.717) is 17.4 Å². The highest BCUT2D eigenvalue weighted by atomic mass is 16.5.